The zero-order chi connectivity index (χ0) is 12.1. The number of aromatic nitrogens is 1. The van der Waals surface area contributed by atoms with Crippen molar-refractivity contribution in [3.63, 3.8) is 0 Å². The van der Waals surface area contributed by atoms with Gasteiger partial charge in [-0.25, -0.2) is 0 Å². The molecule has 1 rings (SSSR count). The van der Waals surface area contributed by atoms with E-state index in [0.717, 1.165) is 11.8 Å². The third-order valence-corrected chi connectivity index (χ3v) is 3.05. The molecule has 1 aromatic rings. The molecule has 5 heteroatoms. The van der Waals surface area contributed by atoms with Gasteiger partial charge in [0.1, 0.15) is 11.3 Å². The Labute approximate surface area is 104 Å². The molecule has 16 heavy (non-hydrogen) atoms. The molecule has 1 amide bonds. The van der Waals surface area contributed by atoms with Crippen molar-refractivity contribution in [2.75, 3.05) is 5.33 Å². The molecule has 1 N–H and O–H groups in total. The van der Waals surface area contributed by atoms with Gasteiger partial charge in [-0.05, 0) is 19.3 Å². The monoisotopic (exact) mass is 288 g/mol. The summed E-state index contributed by atoms with van der Waals surface area (Å²) in [7, 11) is 0. The summed E-state index contributed by atoms with van der Waals surface area (Å²) in [6, 6.07) is 0.141. The Balaban J connectivity index is 2.59. The number of hydrogen-bond donors (Lipinski definition) is 1. The molecule has 0 radical (unpaired) electrons. The number of carbonyl (C=O) groups is 1. The average Bonchev–Trinajstić information content (AvgIpc) is 2.62. The molecule has 0 saturated heterocycles. The number of nitrogens with one attached hydrogen (secondary N) is 1. The van der Waals surface area contributed by atoms with E-state index in [1.165, 1.54) is 6.20 Å². The molecule has 0 spiro atoms. The average molecular weight is 289 g/mol. The lowest BCUT2D eigenvalue weighted by molar-refractivity contribution is 0.0935. The number of aryl methyl sites for hydroxylation is 1. The fourth-order valence-corrected chi connectivity index (χ4v) is 1.94. The molecule has 0 aliphatic rings. The lowest BCUT2D eigenvalue weighted by Crippen LogP contribution is -2.37. The number of rotatable bonds is 5. The maximum absolute atomic E-state index is 11.8. The lowest BCUT2D eigenvalue weighted by atomic mass is 10.0. The van der Waals surface area contributed by atoms with Gasteiger partial charge in [0.2, 0.25) is 0 Å². The van der Waals surface area contributed by atoms with E-state index in [-0.39, 0.29) is 11.9 Å². The molecule has 1 aromatic heterocycles. The molecule has 1 unspecified atom stereocenters. The summed E-state index contributed by atoms with van der Waals surface area (Å²) < 4.78 is 4.86. The summed E-state index contributed by atoms with van der Waals surface area (Å²) in [4.78, 5) is 11.8. The first-order valence-corrected chi connectivity index (χ1v) is 6.44. The van der Waals surface area contributed by atoms with Crippen molar-refractivity contribution in [1.29, 1.82) is 0 Å². The molecular formula is C11H17BrN2O2. The summed E-state index contributed by atoms with van der Waals surface area (Å²) in [5.41, 5.74) is 0.509. The van der Waals surface area contributed by atoms with Crippen LogP contribution in [0.3, 0.4) is 0 Å². The fraction of sp³-hybridized carbons (Fsp3) is 0.636. The predicted molar refractivity (Wildman–Crippen MR) is 65.7 cm³/mol. The minimum absolute atomic E-state index is 0.121. The van der Waals surface area contributed by atoms with E-state index in [1.807, 2.05) is 0 Å². The Morgan fingerprint density at radius 1 is 1.62 bits per heavy atom. The predicted octanol–water partition coefficient (Wildman–Crippen LogP) is 2.52. The van der Waals surface area contributed by atoms with Crippen molar-refractivity contribution in [3.8, 4) is 0 Å². The molecule has 0 aliphatic carbocycles. The maximum Gasteiger partial charge on any atom is 0.256 e. The number of halogens is 1. The molecule has 1 atom stereocenters. The van der Waals surface area contributed by atoms with Gasteiger partial charge in [0, 0.05) is 11.4 Å². The summed E-state index contributed by atoms with van der Waals surface area (Å²) in [5, 5.41) is 7.30. The largest absolute Gasteiger partial charge is 0.361 e. The van der Waals surface area contributed by atoms with E-state index in [2.05, 4.69) is 40.3 Å². The van der Waals surface area contributed by atoms with Crippen molar-refractivity contribution in [2.45, 2.75) is 33.2 Å². The van der Waals surface area contributed by atoms with Crippen molar-refractivity contribution in [3.05, 3.63) is 17.5 Å². The Morgan fingerprint density at radius 3 is 2.75 bits per heavy atom. The van der Waals surface area contributed by atoms with Crippen LogP contribution in [0, 0.1) is 12.8 Å². The molecule has 4 nitrogen and oxygen atoms in total. The summed E-state index contributed by atoms with van der Waals surface area (Å²) in [6.07, 6.45) is 2.40. The molecule has 0 saturated carbocycles. The van der Waals surface area contributed by atoms with Crippen LogP contribution in [0.4, 0.5) is 0 Å². The molecular weight excluding hydrogens is 272 g/mol. The van der Waals surface area contributed by atoms with Gasteiger partial charge < -0.3 is 9.84 Å². The van der Waals surface area contributed by atoms with Crippen LogP contribution in [0.15, 0.2) is 10.7 Å². The molecule has 90 valence electrons. The van der Waals surface area contributed by atoms with Crippen LogP contribution in [0.2, 0.25) is 0 Å². The van der Waals surface area contributed by atoms with Gasteiger partial charge in [-0.3, -0.25) is 4.79 Å². The normalized spacial score (nSPS) is 12.8. The summed E-state index contributed by atoms with van der Waals surface area (Å²) in [5.74, 6) is 0.977. The van der Waals surface area contributed by atoms with E-state index in [1.54, 1.807) is 6.92 Å². The van der Waals surface area contributed by atoms with Crippen molar-refractivity contribution in [1.82, 2.24) is 10.5 Å². The minimum Gasteiger partial charge on any atom is -0.361 e. The molecule has 0 fully saturated rings. The van der Waals surface area contributed by atoms with E-state index in [4.69, 9.17) is 4.52 Å². The van der Waals surface area contributed by atoms with Crippen molar-refractivity contribution in [2.24, 2.45) is 5.92 Å². The zero-order valence-corrected chi connectivity index (χ0v) is 11.4. The van der Waals surface area contributed by atoms with Gasteiger partial charge in [0.25, 0.3) is 5.91 Å². The third kappa shape index (κ3) is 3.63. The molecule has 0 bridgehead atoms. The highest BCUT2D eigenvalue weighted by atomic mass is 79.9. The lowest BCUT2D eigenvalue weighted by Gasteiger charge is -2.17. The summed E-state index contributed by atoms with van der Waals surface area (Å²) >= 11 is 3.40. The van der Waals surface area contributed by atoms with Crippen molar-refractivity contribution >= 4 is 21.8 Å². The van der Waals surface area contributed by atoms with Crippen molar-refractivity contribution < 1.29 is 9.32 Å². The smallest absolute Gasteiger partial charge is 0.256 e. The highest BCUT2D eigenvalue weighted by Crippen LogP contribution is 2.10. The number of amides is 1. The van der Waals surface area contributed by atoms with Crippen LogP contribution >= 0.6 is 15.9 Å². The first kappa shape index (κ1) is 13.2. The second kappa shape index (κ2) is 6.03. The van der Waals surface area contributed by atoms with E-state index < -0.39 is 0 Å². The quantitative estimate of drug-likeness (QED) is 0.847. The number of nitrogens with zero attached hydrogens (tertiary/aromatic N) is 1. The maximum atomic E-state index is 11.8. The van der Waals surface area contributed by atoms with Gasteiger partial charge >= 0.3 is 0 Å². The SMILES string of the molecule is Cc1oncc1C(=O)NC(CBr)CC(C)C. The fourth-order valence-electron chi connectivity index (χ4n) is 1.51. The van der Waals surface area contributed by atoms with E-state index in [9.17, 15) is 4.79 Å². The Bertz CT molecular complexity index is 350. The Kier molecular flexibility index (Phi) is 4.99. The van der Waals surface area contributed by atoms with Crippen LogP contribution in [0.25, 0.3) is 0 Å². The third-order valence-electron chi connectivity index (χ3n) is 2.27. The van der Waals surface area contributed by atoms with Gasteiger partial charge in [0.15, 0.2) is 0 Å². The van der Waals surface area contributed by atoms with Gasteiger partial charge in [-0.2, -0.15) is 0 Å². The molecule has 1 heterocycles. The van der Waals surface area contributed by atoms with E-state index in [0.29, 0.717) is 17.2 Å². The van der Waals surface area contributed by atoms with E-state index >= 15 is 0 Å². The van der Waals surface area contributed by atoms with Gasteiger partial charge in [0.05, 0.1) is 6.20 Å². The van der Waals surface area contributed by atoms with Crippen LogP contribution in [-0.2, 0) is 0 Å². The topological polar surface area (TPSA) is 55.1 Å². The van der Waals surface area contributed by atoms with Crippen LogP contribution in [0.5, 0.6) is 0 Å². The highest BCUT2D eigenvalue weighted by Gasteiger charge is 2.17. The zero-order valence-electron chi connectivity index (χ0n) is 9.79. The Hall–Kier alpha value is -0.840. The Morgan fingerprint density at radius 2 is 2.31 bits per heavy atom. The number of hydrogen-bond acceptors (Lipinski definition) is 3. The minimum atomic E-state index is -0.121. The van der Waals surface area contributed by atoms with Crippen LogP contribution in [-0.4, -0.2) is 22.4 Å². The van der Waals surface area contributed by atoms with Gasteiger partial charge in [-0.1, -0.05) is 34.9 Å². The first-order chi connectivity index (χ1) is 7.54. The highest BCUT2D eigenvalue weighted by molar-refractivity contribution is 9.09. The second-order valence-electron chi connectivity index (χ2n) is 4.25. The van der Waals surface area contributed by atoms with Gasteiger partial charge in [-0.15, -0.1) is 0 Å². The van der Waals surface area contributed by atoms with Crippen LogP contribution < -0.4 is 5.32 Å². The molecule has 0 aliphatic heterocycles. The first-order valence-electron chi connectivity index (χ1n) is 5.32. The number of alkyl halides is 1. The second-order valence-corrected chi connectivity index (χ2v) is 4.90. The number of carbonyl (C=O) groups excluding carboxylic acids is 1. The molecule has 0 aromatic carbocycles. The van der Waals surface area contributed by atoms with Crippen LogP contribution in [0.1, 0.15) is 36.4 Å². The standard InChI is InChI=1S/C11H17BrN2O2/c1-7(2)4-9(5-12)14-11(15)10-6-13-16-8(10)3/h6-7,9H,4-5H2,1-3H3,(H,14,15). The summed E-state index contributed by atoms with van der Waals surface area (Å²) in [6.45, 7) is 5.99.